The van der Waals surface area contributed by atoms with Crippen molar-refractivity contribution in [1.82, 2.24) is 0 Å². The highest BCUT2D eigenvalue weighted by atomic mass is 19.4. The van der Waals surface area contributed by atoms with Crippen LogP contribution in [0.1, 0.15) is 13.8 Å². The van der Waals surface area contributed by atoms with Crippen LogP contribution in [0.2, 0.25) is 0 Å². The molecule has 0 bridgehead atoms. The molecule has 0 spiro atoms. The number of hydrogen-bond acceptors (Lipinski definition) is 5. The van der Waals surface area contributed by atoms with Gasteiger partial charge in [-0.05, 0) is 13.8 Å². The summed E-state index contributed by atoms with van der Waals surface area (Å²) in [7, 11) is 0. The quantitative estimate of drug-likeness (QED) is 0.252. The van der Waals surface area contributed by atoms with E-state index >= 15 is 0 Å². The Labute approximate surface area is 176 Å². The van der Waals surface area contributed by atoms with Gasteiger partial charge in [0.25, 0.3) is 0 Å². The smallest absolute Gasteiger partial charge is 0.450 e. The zero-order chi connectivity index (χ0) is 27.0. The maximum absolute atomic E-state index is 14.1. The van der Waals surface area contributed by atoms with Crippen LogP contribution < -0.4 is 0 Å². The molecule has 0 aliphatic heterocycles. The SMILES string of the molecule is C=CC(=O)OC(C(C)O)C(F)(F)C(F)(F)C(F)(F)C(F)(F)C(F)(F)C(F)(F)OC(=O)C(=C)C. The van der Waals surface area contributed by atoms with Gasteiger partial charge in [-0.3, -0.25) is 0 Å². The molecule has 33 heavy (non-hydrogen) atoms. The molecule has 0 aromatic rings. The Kier molecular flexibility index (Phi) is 8.38. The summed E-state index contributed by atoms with van der Waals surface area (Å²) >= 11 is 0. The summed E-state index contributed by atoms with van der Waals surface area (Å²) in [6.07, 6.45) is -14.0. The molecule has 0 rings (SSSR count). The first-order valence-electron chi connectivity index (χ1n) is 8.03. The van der Waals surface area contributed by atoms with Crippen molar-refractivity contribution in [2.45, 2.75) is 61.8 Å². The zero-order valence-corrected chi connectivity index (χ0v) is 16.3. The zero-order valence-electron chi connectivity index (χ0n) is 16.3. The van der Waals surface area contributed by atoms with E-state index in [-0.39, 0.29) is 13.0 Å². The van der Waals surface area contributed by atoms with Crippen LogP contribution in [0.15, 0.2) is 24.8 Å². The topological polar surface area (TPSA) is 72.8 Å². The molecule has 0 saturated carbocycles. The third-order valence-corrected chi connectivity index (χ3v) is 3.74. The summed E-state index contributed by atoms with van der Waals surface area (Å²) < 4.78 is 171. The molecule has 192 valence electrons. The number of alkyl halides is 12. The summed E-state index contributed by atoms with van der Waals surface area (Å²) in [5.41, 5.74) is -1.15. The molecule has 0 saturated heterocycles. The minimum absolute atomic E-state index is 0.0129. The Morgan fingerprint density at radius 1 is 0.848 bits per heavy atom. The van der Waals surface area contributed by atoms with Gasteiger partial charge in [-0.2, -0.15) is 52.7 Å². The molecular weight excluding hydrogens is 500 g/mol. The number of rotatable bonds is 11. The molecule has 0 aliphatic rings. The van der Waals surface area contributed by atoms with E-state index in [9.17, 15) is 62.3 Å². The summed E-state index contributed by atoms with van der Waals surface area (Å²) in [6.45, 7) is 5.84. The first kappa shape index (κ1) is 30.5. The molecule has 2 unspecified atom stereocenters. The Morgan fingerprint density at radius 2 is 1.24 bits per heavy atom. The number of esters is 2. The van der Waals surface area contributed by atoms with Crippen LogP contribution in [0.5, 0.6) is 0 Å². The van der Waals surface area contributed by atoms with Gasteiger partial charge in [-0.1, -0.05) is 13.2 Å². The molecule has 0 aromatic heterocycles. The van der Waals surface area contributed by atoms with E-state index in [4.69, 9.17) is 5.11 Å². The Hall–Kier alpha value is -2.46. The van der Waals surface area contributed by atoms with Gasteiger partial charge in [0.05, 0.1) is 6.10 Å². The largest absolute Gasteiger partial charge is 0.473 e. The van der Waals surface area contributed by atoms with Gasteiger partial charge in [0.1, 0.15) is 0 Å². The van der Waals surface area contributed by atoms with E-state index in [1.807, 2.05) is 0 Å². The first-order chi connectivity index (χ1) is 14.4. The predicted octanol–water partition coefficient (Wildman–Crippen LogP) is 4.35. The van der Waals surface area contributed by atoms with Crippen LogP contribution in [0, 0.1) is 0 Å². The van der Waals surface area contributed by atoms with E-state index in [0.29, 0.717) is 6.92 Å². The van der Waals surface area contributed by atoms with Crippen molar-refractivity contribution in [3.63, 3.8) is 0 Å². The molecule has 5 nitrogen and oxygen atoms in total. The summed E-state index contributed by atoms with van der Waals surface area (Å²) in [6, 6.07) is 0. The lowest BCUT2D eigenvalue weighted by molar-refractivity contribution is -0.455. The number of aliphatic hydroxyl groups excluding tert-OH is 1. The predicted molar refractivity (Wildman–Crippen MR) is 82.3 cm³/mol. The second-order valence-electron chi connectivity index (χ2n) is 6.41. The van der Waals surface area contributed by atoms with Gasteiger partial charge in [0.2, 0.25) is 0 Å². The van der Waals surface area contributed by atoms with Crippen molar-refractivity contribution >= 4 is 11.9 Å². The van der Waals surface area contributed by atoms with Crippen molar-refractivity contribution in [1.29, 1.82) is 0 Å². The number of halogens is 12. The maximum atomic E-state index is 14.1. The molecule has 0 amide bonds. The van der Waals surface area contributed by atoms with Gasteiger partial charge in [0, 0.05) is 11.6 Å². The molecular formula is C16H14F12O5. The second kappa shape index (κ2) is 9.06. The van der Waals surface area contributed by atoms with Crippen LogP contribution in [-0.2, 0) is 19.1 Å². The van der Waals surface area contributed by atoms with Crippen LogP contribution >= 0.6 is 0 Å². The van der Waals surface area contributed by atoms with Crippen LogP contribution in [0.4, 0.5) is 52.7 Å². The minimum Gasteiger partial charge on any atom is -0.450 e. The highest BCUT2D eigenvalue weighted by molar-refractivity contribution is 5.87. The van der Waals surface area contributed by atoms with Crippen LogP contribution in [0.3, 0.4) is 0 Å². The molecule has 17 heteroatoms. The minimum atomic E-state index is -8.04. The summed E-state index contributed by atoms with van der Waals surface area (Å²) in [5, 5.41) is 9.07. The van der Waals surface area contributed by atoms with Crippen molar-refractivity contribution in [2.24, 2.45) is 0 Å². The summed E-state index contributed by atoms with van der Waals surface area (Å²) in [5.74, 6) is -42.9. The van der Waals surface area contributed by atoms with Gasteiger partial charge >= 0.3 is 47.7 Å². The fourth-order valence-electron chi connectivity index (χ4n) is 1.88. The number of ether oxygens (including phenoxy) is 2. The Balaban J connectivity index is 6.64. The third kappa shape index (κ3) is 4.91. The van der Waals surface area contributed by atoms with E-state index in [1.165, 1.54) is 0 Å². The average Bonchev–Trinajstić information content (AvgIpc) is 2.63. The first-order valence-corrected chi connectivity index (χ1v) is 8.03. The number of carbonyl (C=O) groups is 2. The number of hydrogen-bond donors (Lipinski definition) is 1. The maximum Gasteiger partial charge on any atom is 0.473 e. The molecule has 0 radical (unpaired) electrons. The van der Waals surface area contributed by atoms with Crippen molar-refractivity contribution in [3.05, 3.63) is 24.8 Å². The van der Waals surface area contributed by atoms with Crippen molar-refractivity contribution in [2.75, 3.05) is 0 Å². The van der Waals surface area contributed by atoms with E-state index in [1.54, 1.807) is 0 Å². The van der Waals surface area contributed by atoms with E-state index < -0.39 is 65.4 Å². The van der Waals surface area contributed by atoms with E-state index in [0.717, 1.165) is 0 Å². The van der Waals surface area contributed by atoms with E-state index in [2.05, 4.69) is 22.6 Å². The summed E-state index contributed by atoms with van der Waals surface area (Å²) in [4.78, 5) is 21.9. The molecule has 0 fully saturated rings. The third-order valence-electron chi connectivity index (χ3n) is 3.74. The fourth-order valence-corrected chi connectivity index (χ4v) is 1.88. The molecule has 0 aromatic carbocycles. The second-order valence-corrected chi connectivity index (χ2v) is 6.41. The molecule has 0 heterocycles. The standard InChI is InChI=1S/C16H14F12O5/c1-5-8(30)32-9(7(4)29)11(17,18)12(19,20)13(21,22)14(23,24)15(25,26)16(27,28)33-10(31)6(2)3/h5,7,9,29H,1-2H2,3-4H3. The highest BCUT2D eigenvalue weighted by Gasteiger charge is 2.92. The number of aliphatic hydroxyl groups is 1. The number of carbonyl (C=O) groups excluding carboxylic acids is 2. The van der Waals surface area contributed by atoms with Crippen LogP contribution in [0.25, 0.3) is 0 Å². The van der Waals surface area contributed by atoms with Gasteiger partial charge in [0.15, 0.2) is 6.10 Å². The monoisotopic (exact) mass is 514 g/mol. The molecule has 1 N–H and O–H groups in total. The van der Waals surface area contributed by atoms with Crippen molar-refractivity contribution in [3.8, 4) is 0 Å². The average molecular weight is 514 g/mol. The van der Waals surface area contributed by atoms with Gasteiger partial charge in [-0.25, -0.2) is 9.59 Å². The van der Waals surface area contributed by atoms with Crippen molar-refractivity contribution < 1.29 is 76.9 Å². The Bertz CT molecular complexity index is 791. The highest BCUT2D eigenvalue weighted by Crippen LogP contribution is 2.61. The molecule has 0 aliphatic carbocycles. The van der Waals surface area contributed by atoms with Gasteiger partial charge in [-0.15, -0.1) is 0 Å². The normalized spacial score (nSPS) is 16.0. The lowest BCUT2D eigenvalue weighted by atomic mass is 9.90. The van der Waals surface area contributed by atoms with Gasteiger partial charge < -0.3 is 14.6 Å². The fraction of sp³-hybridized carbons (Fsp3) is 0.625. The van der Waals surface area contributed by atoms with Crippen LogP contribution in [-0.4, -0.2) is 65.0 Å². The molecule has 2 atom stereocenters. The lowest BCUT2D eigenvalue weighted by Crippen LogP contribution is -2.73. The Morgan fingerprint density at radius 3 is 1.58 bits per heavy atom. The lowest BCUT2D eigenvalue weighted by Gasteiger charge is -2.42.